The van der Waals surface area contributed by atoms with Crippen LogP contribution in [-0.4, -0.2) is 11.6 Å². The maximum atomic E-state index is 14.0. The summed E-state index contributed by atoms with van der Waals surface area (Å²) in [5.41, 5.74) is 1.69. The number of benzene rings is 1. The molecule has 0 saturated carbocycles. The third kappa shape index (κ3) is 5.56. The van der Waals surface area contributed by atoms with Gasteiger partial charge >= 0.3 is 0 Å². The zero-order valence-corrected chi connectivity index (χ0v) is 14.7. The number of nitrogens with zero attached hydrogens (tertiary/aromatic N) is 1. The zero-order valence-electron chi connectivity index (χ0n) is 14.7. The molecule has 0 aliphatic rings. The van der Waals surface area contributed by atoms with Crippen molar-refractivity contribution in [3.8, 4) is 17.6 Å². The lowest BCUT2D eigenvalue weighted by atomic mass is 10.1. The van der Waals surface area contributed by atoms with Gasteiger partial charge in [0.2, 0.25) is 5.82 Å². The molecule has 0 spiro atoms. The van der Waals surface area contributed by atoms with Crippen LogP contribution in [0.15, 0.2) is 30.5 Å². The molecule has 0 saturated heterocycles. The fourth-order valence-electron chi connectivity index (χ4n) is 2.43. The summed E-state index contributed by atoms with van der Waals surface area (Å²) in [6, 6.07) is 6.60. The van der Waals surface area contributed by atoms with Crippen molar-refractivity contribution in [2.75, 3.05) is 6.61 Å². The van der Waals surface area contributed by atoms with Crippen LogP contribution in [0.1, 0.15) is 56.4 Å². The Morgan fingerprint density at radius 2 is 1.80 bits per heavy atom. The molecule has 0 amide bonds. The van der Waals surface area contributed by atoms with Gasteiger partial charge in [-0.25, -0.2) is 9.37 Å². The molecule has 0 aliphatic heterocycles. The highest BCUT2D eigenvalue weighted by Gasteiger charge is 2.12. The van der Waals surface area contributed by atoms with Crippen molar-refractivity contribution in [1.82, 2.24) is 4.98 Å². The van der Waals surface area contributed by atoms with Crippen LogP contribution in [0.25, 0.3) is 0 Å². The predicted octanol–water partition coefficient (Wildman–Crippen LogP) is 5.28. The quantitative estimate of drug-likeness (QED) is 0.504. The SMILES string of the molecule is CCCCCCc1ccc(C#Cc2ccc(OCC)c(F)c2F)nc1. The predicted molar refractivity (Wildman–Crippen MR) is 95.6 cm³/mol. The Morgan fingerprint density at radius 1 is 0.960 bits per heavy atom. The molecular weight excluding hydrogens is 320 g/mol. The van der Waals surface area contributed by atoms with E-state index in [1.54, 1.807) is 13.1 Å². The molecule has 2 nitrogen and oxygen atoms in total. The van der Waals surface area contributed by atoms with Crippen molar-refractivity contribution in [3.05, 3.63) is 58.9 Å². The van der Waals surface area contributed by atoms with E-state index in [-0.39, 0.29) is 17.9 Å². The first-order chi connectivity index (χ1) is 12.2. The van der Waals surface area contributed by atoms with Crippen LogP contribution in [0.3, 0.4) is 0 Å². The van der Waals surface area contributed by atoms with Gasteiger partial charge in [0.05, 0.1) is 12.2 Å². The summed E-state index contributed by atoms with van der Waals surface area (Å²) < 4.78 is 32.8. The number of aryl methyl sites for hydroxylation is 1. The molecule has 2 aromatic rings. The molecular formula is C21H23F2NO. The van der Waals surface area contributed by atoms with Crippen molar-refractivity contribution in [1.29, 1.82) is 0 Å². The first-order valence-corrected chi connectivity index (χ1v) is 8.73. The molecule has 0 radical (unpaired) electrons. The van der Waals surface area contributed by atoms with Gasteiger partial charge in [-0.2, -0.15) is 4.39 Å². The second-order valence-corrected chi connectivity index (χ2v) is 5.78. The standard InChI is InChI=1S/C21H23F2NO/c1-3-5-6-7-8-16-9-12-18(24-15-16)13-10-17-11-14-19(25-4-2)21(23)20(17)22/h9,11-12,14-15H,3-8H2,1-2H3. The summed E-state index contributed by atoms with van der Waals surface area (Å²) in [5, 5.41) is 0. The third-order valence-corrected chi connectivity index (χ3v) is 3.82. The fraction of sp³-hybridized carbons (Fsp3) is 0.381. The van der Waals surface area contributed by atoms with Gasteiger partial charge in [-0.05, 0) is 49.4 Å². The summed E-state index contributed by atoms with van der Waals surface area (Å²) in [4.78, 5) is 4.28. The van der Waals surface area contributed by atoms with E-state index in [0.717, 1.165) is 12.8 Å². The van der Waals surface area contributed by atoms with Crippen LogP contribution < -0.4 is 4.74 Å². The van der Waals surface area contributed by atoms with E-state index in [4.69, 9.17) is 4.74 Å². The number of unbranched alkanes of at least 4 members (excludes halogenated alkanes) is 3. The van der Waals surface area contributed by atoms with Crippen LogP contribution in [-0.2, 0) is 6.42 Å². The van der Waals surface area contributed by atoms with Crippen LogP contribution in [0.5, 0.6) is 5.75 Å². The molecule has 4 heteroatoms. The summed E-state index contributed by atoms with van der Waals surface area (Å²) in [5.74, 6) is 3.31. The van der Waals surface area contributed by atoms with Gasteiger partial charge in [0.25, 0.3) is 0 Å². The van der Waals surface area contributed by atoms with Gasteiger partial charge < -0.3 is 4.74 Å². The van der Waals surface area contributed by atoms with E-state index in [9.17, 15) is 8.78 Å². The van der Waals surface area contributed by atoms with Crippen molar-refractivity contribution in [3.63, 3.8) is 0 Å². The van der Waals surface area contributed by atoms with Gasteiger partial charge in [-0.3, -0.25) is 0 Å². The average Bonchev–Trinajstić information content (AvgIpc) is 2.63. The Labute approximate surface area is 148 Å². The Bertz CT molecular complexity index is 745. The van der Waals surface area contributed by atoms with Crippen molar-refractivity contribution >= 4 is 0 Å². The first kappa shape index (κ1) is 18.9. The van der Waals surface area contributed by atoms with Crippen molar-refractivity contribution in [2.24, 2.45) is 0 Å². The Hall–Kier alpha value is -2.41. The summed E-state index contributed by atoms with van der Waals surface area (Å²) in [6.45, 7) is 4.17. The normalized spacial score (nSPS) is 10.2. The van der Waals surface area contributed by atoms with Gasteiger partial charge in [0, 0.05) is 6.20 Å². The number of ether oxygens (including phenoxy) is 1. The molecule has 0 unspecified atom stereocenters. The molecule has 0 fully saturated rings. The monoisotopic (exact) mass is 343 g/mol. The molecule has 132 valence electrons. The van der Waals surface area contributed by atoms with Gasteiger partial charge in [0.1, 0.15) is 5.69 Å². The van der Waals surface area contributed by atoms with Gasteiger partial charge in [0.15, 0.2) is 11.6 Å². The van der Waals surface area contributed by atoms with E-state index < -0.39 is 11.6 Å². The fourth-order valence-corrected chi connectivity index (χ4v) is 2.43. The molecule has 25 heavy (non-hydrogen) atoms. The maximum Gasteiger partial charge on any atom is 0.201 e. The lowest BCUT2D eigenvalue weighted by molar-refractivity contribution is 0.314. The number of pyridine rings is 1. The van der Waals surface area contributed by atoms with E-state index in [0.29, 0.717) is 5.69 Å². The highest BCUT2D eigenvalue weighted by Crippen LogP contribution is 2.22. The third-order valence-electron chi connectivity index (χ3n) is 3.82. The number of halogens is 2. The molecule has 1 heterocycles. The molecule has 0 N–H and O–H groups in total. The van der Waals surface area contributed by atoms with E-state index >= 15 is 0 Å². The highest BCUT2D eigenvalue weighted by molar-refractivity contribution is 5.44. The topological polar surface area (TPSA) is 22.1 Å². The Kier molecular flexibility index (Phi) is 7.40. The number of aromatic nitrogens is 1. The van der Waals surface area contributed by atoms with Crippen LogP contribution in [0, 0.1) is 23.5 Å². The van der Waals surface area contributed by atoms with Crippen LogP contribution in [0.2, 0.25) is 0 Å². The highest BCUT2D eigenvalue weighted by atomic mass is 19.2. The number of rotatable bonds is 7. The number of hydrogen-bond acceptors (Lipinski definition) is 2. The van der Waals surface area contributed by atoms with E-state index in [1.165, 1.54) is 37.0 Å². The molecule has 0 bridgehead atoms. The van der Waals surface area contributed by atoms with Crippen molar-refractivity contribution in [2.45, 2.75) is 46.0 Å². The number of hydrogen-bond donors (Lipinski definition) is 0. The minimum absolute atomic E-state index is 0.00797. The van der Waals surface area contributed by atoms with E-state index in [1.807, 2.05) is 12.1 Å². The second kappa shape index (κ2) is 9.78. The second-order valence-electron chi connectivity index (χ2n) is 5.78. The minimum Gasteiger partial charge on any atom is -0.491 e. The van der Waals surface area contributed by atoms with Gasteiger partial charge in [-0.1, -0.05) is 38.2 Å². The smallest absolute Gasteiger partial charge is 0.201 e. The lowest BCUT2D eigenvalue weighted by Crippen LogP contribution is -1.98. The lowest BCUT2D eigenvalue weighted by Gasteiger charge is -2.05. The summed E-state index contributed by atoms with van der Waals surface area (Å²) in [6.07, 6.45) is 7.64. The van der Waals surface area contributed by atoms with Crippen LogP contribution >= 0.6 is 0 Å². The molecule has 1 aromatic heterocycles. The first-order valence-electron chi connectivity index (χ1n) is 8.73. The zero-order chi connectivity index (χ0) is 18.1. The van der Waals surface area contributed by atoms with Crippen molar-refractivity contribution < 1.29 is 13.5 Å². The average molecular weight is 343 g/mol. The summed E-state index contributed by atoms with van der Waals surface area (Å²) in [7, 11) is 0. The molecule has 0 atom stereocenters. The van der Waals surface area contributed by atoms with Crippen LogP contribution in [0.4, 0.5) is 8.78 Å². The Morgan fingerprint density at radius 3 is 2.48 bits per heavy atom. The summed E-state index contributed by atoms with van der Waals surface area (Å²) >= 11 is 0. The maximum absolute atomic E-state index is 14.0. The molecule has 1 aromatic carbocycles. The van der Waals surface area contributed by atoms with Gasteiger partial charge in [-0.15, -0.1) is 0 Å². The molecule has 0 aliphatic carbocycles. The molecule has 2 rings (SSSR count). The minimum atomic E-state index is -1.01. The Balaban J connectivity index is 2.04. The van der Waals surface area contributed by atoms with E-state index in [2.05, 4.69) is 23.7 Å². The largest absolute Gasteiger partial charge is 0.491 e.